The van der Waals surface area contributed by atoms with E-state index in [1.165, 1.54) is 103 Å². The molecule has 0 aliphatic carbocycles. The van der Waals surface area contributed by atoms with Crippen molar-refractivity contribution in [1.29, 1.82) is 0 Å². The lowest BCUT2D eigenvalue weighted by Crippen LogP contribution is -2.29. The van der Waals surface area contributed by atoms with E-state index in [9.17, 15) is 24.2 Å². The van der Waals surface area contributed by atoms with Crippen molar-refractivity contribution in [2.24, 2.45) is 0 Å². The van der Waals surface area contributed by atoms with Crippen molar-refractivity contribution in [2.45, 2.75) is 206 Å². The van der Waals surface area contributed by atoms with Crippen molar-refractivity contribution in [1.82, 2.24) is 0 Å². The predicted octanol–water partition coefficient (Wildman–Crippen LogP) is 11.0. The minimum absolute atomic E-state index is 0.178. The number of carbonyl (C=O) groups excluding carboxylic acids is 2. The minimum Gasteiger partial charge on any atom is -0.462 e. The van der Waals surface area contributed by atoms with Gasteiger partial charge in [0.05, 0.1) is 19.8 Å². The van der Waals surface area contributed by atoms with Gasteiger partial charge >= 0.3 is 19.8 Å². The molecule has 11 heteroatoms. The molecule has 10 nitrogen and oxygen atoms in total. The molecule has 53 heavy (non-hydrogen) atoms. The second-order valence-electron chi connectivity index (χ2n) is 14.4. The maximum atomic E-state index is 12.6. The number of esters is 2. The lowest BCUT2D eigenvalue weighted by atomic mass is 10.0. The molecule has 3 N–H and O–H groups in total. The van der Waals surface area contributed by atoms with Gasteiger partial charge in [-0.3, -0.25) is 18.6 Å². The smallest absolute Gasteiger partial charge is 0.462 e. The van der Waals surface area contributed by atoms with E-state index in [0.717, 1.165) is 51.4 Å². The number of ether oxygens (including phenoxy) is 2. The zero-order chi connectivity index (χ0) is 39.1. The highest BCUT2D eigenvalue weighted by atomic mass is 31.2. The van der Waals surface area contributed by atoms with Gasteiger partial charge in [-0.1, -0.05) is 160 Å². The number of phosphoric ester groups is 1. The summed E-state index contributed by atoms with van der Waals surface area (Å²) in [5.41, 5.74) is 0. The first-order valence-corrected chi connectivity index (χ1v) is 22.8. The molecule has 0 radical (unpaired) electrons. The van der Waals surface area contributed by atoms with Crippen molar-refractivity contribution in [3.8, 4) is 0 Å². The Bertz CT molecular complexity index is 941. The molecular weight excluding hydrogens is 695 g/mol. The first kappa shape index (κ1) is 51.5. The number of hydrogen-bond acceptors (Lipinski definition) is 9. The molecule has 0 aliphatic rings. The van der Waals surface area contributed by atoms with E-state index in [4.69, 9.17) is 19.1 Å². The van der Waals surface area contributed by atoms with Gasteiger partial charge in [0.1, 0.15) is 12.7 Å². The van der Waals surface area contributed by atoms with Crippen molar-refractivity contribution in [2.75, 3.05) is 26.4 Å². The second-order valence-corrected chi connectivity index (χ2v) is 15.8. The highest BCUT2D eigenvalue weighted by Gasteiger charge is 2.27. The van der Waals surface area contributed by atoms with Crippen LogP contribution in [0.5, 0.6) is 0 Å². The molecule has 0 bridgehead atoms. The van der Waals surface area contributed by atoms with Gasteiger partial charge in [-0.2, -0.15) is 0 Å². The lowest BCUT2D eigenvalue weighted by molar-refractivity contribution is -0.161. The topological polar surface area (TPSA) is 149 Å². The molecule has 0 heterocycles. The SMILES string of the molecule is CCCCC/C=C\C/C=C\CCCCCCCCCC(=O)O[C@H](COC(=O)CCCCCCCCCCCCCCC)COP(=O)(O)OC[C@@H](O)CO. The van der Waals surface area contributed by atoms with Gasteiger partial charge in [-0.05, 0) is 44.9 Å². The van der Waals surface area contributed by atoms with Crippen LogP contribution in [0, 0.1) is 0 Å². The number of hydrogen-bond donors (Lipinski definition) is 3. The molecular formula is C42H79O10P. The van der Waals surface area contributed by atoms with E-state index in [-0.39, 0.29) is 19.4 Å². The Morgan fingerprint density at radius 2 is 0.981 bits per heavy atom. The zero-order valence-electron chi connectivity index (χ0n) is 33.7. The summed E-state index contributed by atoms with van der Waals surface area (Å²) in [6, 6.07) is 0. The largest absolute Gasteiger partial charge is 0.472 e. The molecule has 0 saturated heterocycles. The maximum Gasteiger partial charge on any atom is 0.472 e. The molecule has 0 aromatic heterocycles. The van der Waals surface area contributed by atoms with Gasteiger partial charge in [-0.25, -0.2) is 4.57 Å². The van der Waals surface area contributed by atoms with Gasteiger partial charge < -0.3 is 24.6 Å². The lowest BCUT2D eigenvalue weighted by Gasteiger charge is -2.20. The third-order valence-corrected chi connectivity index (χ3v) is 10.1. The average Bonchev–Trinajstić information content (AvgIpc) is 3.14. The highest BCUT2D eigenvalue weighted by molar-refractivity contribution is 7.47. The summed E-state index contributed by atoms with van der Waals surface area (Å²) in [6.45, 7) is 2.35. The zero-order valence-corrected chi connectivity index (χ0v) is 34.6. The number of unbranched alkanes of at least 4 members (excludes halogenated alkanes) is 22. The number of rotatable bonds is 40. The molecule has 0 aliphatic heterocycles. The van der Waals surface area contributed by atoms with Crippen molar-refractivity contribution in [3.05, 3.63) is 24.3 Å². The minimum atomic E-state index is -4.61. The van der Waals surface area contributed by atoms with Crippen LogP contribution < -0.4 is 0 Å². The van der Waals surface area contributed by atoms with Crippen LogP contribution in [0.15, 0.2) is 24.3 Å². The van der Waals surface area contributed by atoms with Gasteiger partial charge in [0.25, 0.3) is 0 Å². The normalized spacial score (nSPS) is 14.1. The summed E-state index contributed by atoms with van der Waals surface area (Å²) in [4.78, 5) is 34.9. The summed E-state index contributed by atoms with van der Waals surface area (Å²) >= 11 is 0. The molecule has 0 aromatic carbocycles. The number of aliphatic hydroxyl groups excluding tert-OH is 2. The van der Waals surface area contributed by atoms with Crippen molar-refractivity contribution < 1.29 is 47.8 Å². The molecule has 0 fully saturated rings. The Morgan fingerprint density at radius 3 is 1.49 bits per heavy atom. The van der Waals surface area contributed by atoms with E-state index < -0.39 is 51.8 Å². The van der Waals surface area contributed by atoms with Crippen molar-refractivity contribution in [3.63, 3.8) is 0 Å². The standard InChI is InChI=1S/C42H79O10P/c1-3-5-7-9-11-13-15-17-18-19-20-22-24-26-28-30-32-34-42(46)52-40(38-51-53(47,48)50-36-39(44)35-43)37-49-41(45)33-31-29-27-25-23-21-16-14-12-10-8-6-4-2/h11,13,17-18,39-40,43-44H,3-10,12,14-16,19-38H2,1-2H3,(H,47,48)/b13-11-,18-17-/t39-,40+/m0/s1. The summed E-state index contributed by atoms with van der Waals surface area (Å²) in [5, 5.41) is 18.3. The molecule has 0 rings (SSSR count). The highest BCUT2D eigenvalue weighted by Crippen LogP contribution is 2.43. The van der Waals surface area contributed by atoms with E-state index in [1.807, 2.05) is 0 Å². The summed E-state index contributed by atoms with van der Waals surface area (Å²) in [6.07, 6.45) is 37.1. The van der Waals surface area contributed by atoms with Crippen LogP contribution >= 0.6 is 7.82 Å². The quantitative estimate of drug-likeness (QED) is 0.0238. The monoisotopic (exact) mass is 775 g/mol. The van der Waals surface area contributed by atoms with E-state index in [1.54, 1.807) is 0 Å². The first-order chi connectivity index (χ1) is 25.7. The van der Waals surface area contributed by atoms with Crippen LogP contribution in [0.2, 0.25) is 0 Å². The Balaban J connectivity index is 4.30. The van der Waals surface area contributed by atoms with E-state index >= 15 is 0 Å². The van der Waals surface area contributed by atoms with Crippen LogP contribution in [0.25, 0.3) is 0 Å². The number of allylic oxidation sites excluding steroid dienone is 4. The van der Waals surface area contributed by atoms with Crippen LogP contribution in [0.3, 0.4) is 0 Å². The van der Waals surface area contributed by atoms with Crippen LogP contribution in [0.1, 0.15) is 194 Å². The van der Waals surface area contributed by atoms with E-state index in [0.29, 0.717) is 12.8 Å². The molecule has 312 valence electrons. The Morgan fingerprint density at radius 1 is 0.566 bits per heavy atom. The van der Waals surface area contributed by atoms with Gasteiger partial charge in [0.2, 0.25) is 0 Å². The molecule has 1 unspecified atom stereocenters. The van der Waals surface area contributed by atoms with Crippen LogP contribution in [-0.4, -0.2) is 65.7 Å². The fraction of sp³-hybridized carbons (Fsp3) is 0.857. The molecule has 0 amide bonds. The Hall–Kier alpha value is -1.55. The van der Waals surface area contributed by atoms with Gasteiger partial charge in [0, 0.05) is 12.8 Å². The maximum absolute atomic E-state index is 12.6. The van der Waals surface area contributed by atoms with Crippen LogP contribution in [0.4, 0.5) is 0 Å². The third-order valence-electron chi connectivity index (χ3n) is 9.11. The molecule has 0 saturated carbocycles. The van der Waals surface area contributed by atoms with E-state index in [2.05, 4.69) is 42.7 Å². The summed E-state index contributed by atoms with van der Waals surface area (Å²) in [7, 11) is -4.61. The number of carbonyl (C=O) groups is 2. The molecule has 0 spiro atoms. The van der Waals surface area contributed by atoms with Gasteiger partial charge in [0.15, 0.2) is 6.10 Å². The number of aliphatic hydroxyl groups is 2. The average molecular weight is 775 g/mol. The number of phosphoric acid groups is 1. The molecule has 3 atom stereocenters. The predicted molar refractivity (Wildman–Crippen MR) is 215 cm³/mol. The third kappa shape index (κ3) is 38.5. The molecule has 0 aromatic rings. The van der Waals surface area contributed by atoms with Gasteiger partial charge in [-0.15, -0.1) is 0 Å². The first-order valence-electron chi connectivity index (χ1n) is 21.3. The van der Waals surface area contributed by atoms with Crippen LogP contribution in [-0.2, 0) is 32.7 Å². The second kappa shape index (κ2) is 38.7. The Labute approximate surface area is 323 Å². The van der Waals surface area contributed by atoms with Crippen molar-refractivity contribution >= 4 is 19.8 Å². The Kier molecular flexibility index (Phi) is 37.6. The fourth-order valence-corrected chi connectivity index (χ4v) is 6.58. The fourth-order valence-electron chi connectivity index (χ4n) is 5.79. The summed E-state index contributed by atoms with van der Waals surface area (Å²) in [5.74, 6) is -0.928. The summed E-state index contributed by atoms with van der Waals surface area (Å²) < 4.78 is 32.7.